The SMILES string of the molecule is CC1(C)CCC(CC(=O)O)CN1C1CCCCC1. The molecule has 2 aliphatic rings. The van der Waals surface area contributed by atoms with Crippen LogP contribution in [0, 0.1) is 5.92 Å². The van der Waals surface area contributed by atoms with Crippen molar-refractivity contribution in [1.82, 2.24) is 4.90 Å². The Balaban J connectivity index is 2.00. The van der Waals surface area contributed by atoms with Gasteiger partial charge in [-0.2, -0.15) is 0 Å². The van der Waals surface area contributed by atoms with Crippen LogP contribution < -0.4 is 0 Å². The summed E-state index contributed by atoms with van der Waals surface area (Å²) in [6.45, 7) is 5.65. The quantitative estimate of drug-likeness (QED) is 0.839. The third-order valence-corrected chi connectivity index (χ3v) is 4.88. The molecule has 1 saturated carbocycles. The summed E-state index contributed by atoms with van der Waals surface area (Å²) in [5, 5.41) is 8.97. The zero-order valence-electron chi connectivity index (χ0n) is 11.8. The molecule has 18 heavy (non-hydrogen) atoms. The van der Waals surface area contributed by atoms with E-state index in [1.807, 2.05) is 0 Å². The monoisotopic (exact) mass is 253 g/mol. The van der Waals surface area contributed by atoms with Crippen LogP contribution in [-0.4, -0.2) is 34.1 Å². The van der Waals surface area contributed by atoms with E-state index in [9.17, 15) is 4.79 Å². The minimum Gasteiger partial charge on any atom is -0.481 e. The van der Waals surface area contributed by atoms with Crippen LogP contribution in [0.5, 0.6) is 0 Å². The number of nitrogens with zero attached hydrogens (tertiary/aromatic N) is 1. The standard InChI is InChI=1S/C15H27NO2/c1-15(2)9-8-12(10-14(17)18)11-16(15)13-6-4-3-5-7-13/h12-13H,3-11H2,1-2H3,(H,17,18). The maximum atomic E-state index is 10.9. The van der Waals surface area contributed by atoms with Crippen molar-refractivity contribution < 1.29 is 9.90 Å². The number of hydrogen-bond donors (Lipinski definition) is 1. The summed E-state index contributed by atoms with van der Waals surface area (Å²) in [5.74, 6) is -0.277. The molecule has 0 aromatic heterocycles. The van der Waals surface area contributed by atoms with Crippen molar-refractivity contribution in [1.29, 1.82) is 0 Å². The molecular weight excluding hydrogens is 226 g/mol. The first-order valence-electron chi connectivity index (χ1n) is 7.47. The molecule has 1 unspecified atom stereocenters. The Morgan fingerprint density at radius 2 is 1.89 bits per heavy atom. The topological polar surface area (TPSA) is 40.5 Å². The number of carboxylic acid groups (broad SMARTS) is 1. The van der Waals surface area contributed by atoms with Gasteiger partial charge in [0, 0.05) is 24.5 Å². The molecule has 0 bridgehead atoms. The van der Waals surface area contributed by atoms with Gasteiger partial charge in [0.15, 0.2) is 0 Å². The van der Waals surface area contributed by atoms with Gasteiger partial charge in [0.05, 0.1) is 0 Å². The Morgan fingerprint density at radius 1 is 1.22 bits per heavy atom. The smallest absolute Gasteiger partial charge is 0.303 e. The van der Waals surface area contributed by atoms with E-state index >= 15 is 0 Å². The summed E-state index contributed by atoms with van der Waals surface area (Å²) in [5.41, 5.74) is 0.261. The lowest BCUT2D eigenvalue weighted by atomic mass is 9.80. The molecule has 104 valence electrons. The Hall–Kier alpha value is -0.570. The average molecular weight is 253 g/mol. The Kier molecular flexibility index (Phi) is 4.31. The highest BCUT2D eigenvalue weighted by molar-refractivity contribution is 5.67. The van der Waals surface area contributed by atoms with Gasteiger partial charge in [0.1, 0.15) is 0 Å². The van der Waals surface area contributed by atoms with E-state index < -0.39 is 5.97 Å². The molecule has 0 aromatic carbocycles. The second-order valence-corrected chi connectivity index (χ2v) is 6.76. The highest BCUT2D eigenvalue weighted by atomic mass is 16.4. The van der Waals surface area contributed by atoms with Gasteiger partial charge in [-0.1, -0.05) is 19.3 Å². The van der Waals surface area contributed by atoms with Gasteiger partial charge in [-0.15, -0.1) is 0 Å². The summed E-state index contributed by atoms with van der Waals surface area (Å²) in [6.07, 6.45) is 9.25. The second-order valence-electron chi connectivity index (χ2n) is 6.76. The molecule has 1 saturated heterocycles. The molecular formula is C15H27NO2. The van der Waals surface area contributed by atoms with E-state index in [-0.39, 0.29) is 5.54 Å². The third-order valence-electron chi connectivity index (χ3n) is 4.88. The Morgan fingerprint density at radius 3 is 2.50 bits per heavy atom. The maximum Gasteiger partial charge on any atom is 0.303 e. The fourth-order valence-corrected chi connectivity index (χ4v) is 3.77. The number of hydrogen-bond acceptors (Lipinski definition) is 2. The van der Waals surface area contributed by atoms with E-state index in [2.05, 4.69) is 18.7 Å². The molecule has 0 aromatic rings. The van der Waals surface area contributed by atoms with Crippen LogP contribution in [0.1, 0.15) is 65.2 Å². The largest absolute Gasteiger partial charge is 0.481 e. The first-order chi connectivity index (χ1) is 8.49. The molecule has 2 rings (SSSR count). The number of aliphatic carboxylic acids is 1. The van der Waals surface area contributed by atoms with Crippen LogP contribution in [0.4, 0.5) is 0 Å². The van der Waals surface area contributed by atoms with Crippen molar-refractivity contribution in [2.24, 2.45) is 5.92 Å². The molecule has 1 aliphatic heterocycles. The number of carbonyl (C=O) groups is 1. The zero-order chi connectivity index (χ0) is 13.2. The molecule has 1 atom stereocenters. The lowest BCUT2D eigenvalue weighted by Gasteiger charge is -2.50. The normalized spacial score (nSPS) is 30.2. The van der Waals surface area contributed by atoms with E-state index in [0.717, 1.165) is 19.4 Å². The molecule has 0 radical (unpaired) electrons. The zero-order valence-corrected chi connectivity index (χ0v) is 11.8. The van der Waals surface area contributed by atoms with Crippen molar-refractivity contribution in [2.45, 2.75) is 76.8 Å². The predicted molar refractivity (Wildman–Crippen MR) is 72.6 cm³/mol. The van der Waals surface area contributed by atoms with Crippen molar-refractivity contribution >= 4 is 5.97 Å². The minimum atomic E-state index is -0.636. The highest BCUT2D eigenvalue weighted by Crippen LogP contribution is 2.37. The molecule has 3 heteroatoms. The fraction of sp³-hybridized carbons (Fsp3) is 0.933. The molecule has 1 N–H and O–H groups in total. The molecule has 3 nitrogen and oxygen atoms in total. The summed E-state index contributed by atoms with van der Waals surface area (Å²) < 4.78 is 0. The Bertz CT molecular complexity index is 295. The van der Waals surface area contributed by atoms with E-state index in [0.29, 0.717) is 18.4 Å². The molecule has 1 aliphatic carbocycles. The third kappa shape index (κ3) is 3.25. The van der Waals surface area contributed by atoms with Crippen molar-refractivity contribution in [2.75, 3.05) is 6.54 Å². The molecule has 0 spiro atoms. The van der Waals surface area contributed by atoms with Crippen LogP contribution in [0.15, 0.2) is 0 Å². The number of carboxylic acids is 1. The average Bonchev–Trinajstić information content (AvgIpc) is 2.32. The van der Waals surface area contributed by atoms with E-state index in [1.165, 1.54) is 32.1 Å². The van der Waals surface area contributed by atoms with Crippen molar-refractivity contribution in [3.8, 4) is 0 Å². The van der Waals surface area contributed by atoms with Crippen molar-refractivity contribution in [3.05, 3.63) is 0 Å². The first kappa shape index (κ1) is 13.9. The molecule has 0 amide bonds. The van der Waals surface area contributed by atoms with Gasteiger partial charge in [0.2, 0.25) is 0 Å². The number of piperidine rings is 1. The first-order valence-corrected chi connectivity index (χ1v) is 7.47. The maximum absolute atomic E-state index is 10.9. The van der Waals surface area contributed by atoms with Crippen LogP contribution in [-0.2, 0) is 4.79 Å². The predicted octanol–water partition coefficient (Wildman–Crippen LogP) is 3.28. The van der Waals surface area contributed by atoms with Gasteiger partial charge in [-0.25, -0.2) is 0 Å². The molecule has 1 heterocycles. The van der Waals surface area contributed by atoms with E-state index in [4.69, 9.17) is 5.11 Å². The minimum absolute atomic E-state index is 0.261. The van der Waals surface area contributed by atoms with Crippen LogP contribution >= 0.6 is 0 Å². The van der Waals surface area contributed by atoms with Crippen LogP contribution in [0.25, 0.3) is 0 Å². The van der Waals surface area contributed by atoms with E-state index in [1.54, 1.807) is 0 Å². The van der Waals surface area contributed by atoms with Gasteiger partial charge >= 0.3 is 5.97 Å². The second kappa shape index (κ2) is 5.60. The summed E-state index contributed by atoms with van der Waals surface area (Å²) in [6, 6.07) is 0.699. The summed E-state index contributed by atoms with van der Waals surface area (Å²) in [7, 11) is 0. The Labute approximate surface area is 111 Å². The van der Waals surface area contributed by atoms with Gasteiger partial charge in [0.25, 0.3) is 0 Å². The molecule has 2 fully saturated rings. The van der Waals surface area contributed by atoms with Crippen molar-refractivity contribution in [3.63, 3.8) is 0 Å². The van der Waals surface area contributed by atoms with Gasteiger partial charge < -0.3 is 5.11 Å². The van der Waals surface area contributed by atoms with Gasteiger partial charge in [-0.3, -0.25) is 9.69 Å². The fourth-order valence-electron chi connectivity index (χ4n) is 3.77. The number of rotatable bonds is 3. The highest BCUT2D eigenvalue weighted by Gasteiger charge is 2.38. The van der Waals surface area contributed by atoms with Crippen LogP contribution in [0.2, 0.25) is 0 Å². The van der Waals surface area contributed by atoms with Gasteiger partial charge in [-0.05, 0) is 45.4 Å². The summed E-state index contributed by atoms with van der Waals surface area (Å²) in [4.78, 5) is 13.5. The lowest BCUT2D eigenvalue weighted by molar-refractivity contribution is -0.139. The summed E-state index contributed by atoms with van der Waals surface area (Å²) >= 11 is 0. The lowest BCUT2D eigenvalue weighted by Crippen LogP contribution is -2.55. The van der Waals surface area contributed by atoms with Crippen LogP contribution in [0.3, 0.4) is 0 Å². The number of likely N-dealkylation sites (tertiary alicyclic amines) is 1.